The molecule has 1 N–H and O–H groups in total. The van der Waals surface area contributed by atoms with E-state index in [-0.39, 0.29) is 5.75 Å². The van der Waals surface area contributed by atoms with Gasteiger partial charge in [0, 0.05) is 24.9 Å². The van der Waals surface area contributed by atoms with Gasteiger partial charge in [0.1, 0.15) is 11.6 Å². The van der Waals surface area contributed by atoms with Crippen LogP contribution in [-0.4, -0.2) is 11.5 Å². The Balaban J connectivity index is 2.05. The summed E-state index contributed by atoms with van der Waals surface area (Å²) in [5.74, 6) is -0.309. The first-order chi connectivity index (χ1) is 10.0. The Bertz CT molecular complexity index is 603. The number of hydrogen-bond donors (Lipinski definition) is 1. The molecular weight excluding hydrogens is 274 g/mol. The average Bonchev–Trinajstić information content (AvgIpc) is 2.43. The van der Waals surface area contributed by atoms with Crippen molar-refractivity contribution in [3.63, 3.8) is 0 Å². The van der Waals surface area contributed by atoms with Crippen LogP contribution in [0.2, 0.25) is 0 Å². The predicted molar refractivity (Wildman–Crippen MR) is 77.2 cm³/mol. The molecule has 21 heavy (non-hydrogen) atoms. The fourth-order valence-electron chi connectivity index (χ4n) is 1.79. The molecule has 1 heterocycles. The van der Waals surface area contributed by atoms with E-state index in [1.54, 1.807) is 18.3 Å². The number of nitrogens with one attached hydrogen (secondary N) is 1. The summed E-state index contributed by atoms with van der Waals surface area (Å²) >= 11 is 0. The quantitative estimate of drug-likeness (QED) is 0.877. The molecule has 0 radical (unpaired) electrons. The van der Waals surface area contributed by atoms with E-state index >= 15 is 0 Å². The van der Waals surface area contributed by atoms with E-state index in [2.05, 4.69) is 24.1 Å². The molecule has 5 heteroatoms. The summed E-state index contributed by atoms with van der Waals surface area (Å²) in [6.45, 7) is 5.71. The Morgan fingerprint density at radius 1 is 1.19 bits per heavy atom. The van der Waals surface area contributed by atoms with Crippen LogP contribution in [0.3, 0.4) is 0 Å². The Hall–Kier alpha value is -2.01. The minimum atomic E-state index is -0.604. The molecule has 1 aromatic carbocycles. The van der Waals surface area contributed by atoms with Crippen LogP contribution in [0.4, 0.5) is 8.78 Å². The van der Waals surface area contributed by atoms with Gasteiger partial charge in [0.05, 0.1) is 5.69 Å². The van der Waals surface area contributed by atoms with Gasteiger partial charge in [-0.05, 0) is 30.7 Å². The highest BCUT2D eigenvalue weighted by molar-refractivity contribution is 5.32. The number of ether oxygens (including phenoxy) is 1. The highest BCUT2D eigenvalue weighted by Gasteiger charge is 2.07. The van der Waals surface area contributed by atoms with Crippen LogP contribution < -0.4 is 10.1 Å². The van der Waals surface area contributed by atoms with Gasteiger partial charge in [-0.15, -0.1) is 0 Å². The summed E-state index contributed by atoms with van der Waals surface area (Å²) in [5, 5.41) is 3.26. The molecule has 0 saturated heterocycles. The van der Waals surface area contributed by atoms with Gasteiger partial charge in [-0.25, -0.2) is 8.78 Å². The van der Waals surface area contributed by atoms with Gasteiger partial charge in [0.25, 0.3) is 0 Å². The van der Waals surface area contributed by atoms with Crippen molar-refractivity contribution < 1.29 is 13.5 Å². The third-order valence-electron chi connectivity index (χ3n) is 2.77. The Labute approximate surface area is 123 Å². The average molecular weight is 292 g/mol. The number of pyridine rings is 1. The Morgan fingerprint density at radius 2 is 2.00 bits per heavy atom. The van der Waals surface area contributed by atoms with Gasteiger partial charge in [0.15, 0.2) is 11.6 Å². The first-order valence-corrected chi connectivity index (χ1v) is 6.83. The maximum Gasteiger partial charge on any atom is 0.165 e. The summed E-state index contributed by atoms with van der Waals surface area (Å²) < 4.78 is 32.0. The lowest BCUT2D eigenvalue weighted by Crippen LogP contribution is -2.19. The number of hydrogen-bond acceptors (Lipinski definition) is 3. The van der Waals surface area contributed by atoms with Gasteiger partial charge >= 0.3 is 0 Å². The highest BCUT2D eigenvalue weighted by atomic mass is 19.1. The lowest BCUT2D eigenvalue weighted by atomic mass is 10.2. The molecule has 0 spiro atoms. The number of rotatable bonds is 6. The fraction of sp³-hybridized carbons (Fsp3) is 0.312. The molecule has 2 aromatic rings. The molecule has 0 unspecified atom stereocenters. The summed E-state index contributed by atoms with van der Waals surface area (Å²) in [6, 6.07) is 6.42. The van der Waals surface area contributed by atoms with Crippen molar-refractivity contribution in [1.82, 2.24) is 10.3 Å². The molecule has 0 aliphatic carbocycles. The number of aromatic nitrogens is 1. The van der Waals surface area contributed by atoms with E-state index in [1.807, 2.05) is 0 Å². The topological polar surface area (TPSA) is 34.1 Å². The molecule has 0 saturated carbocycles. The molecule has 112 valence electrons. The molecule has 0 atom stereocenters. The van der Waals surface area contributed by atoms with Crippen LogP contribution in [0.15, 0.2) is 36.5 Å². The minimum absolute atomic E-state index is 0.137. The van der Waals surface area contributed by atoms with Crippen molar-refractivity contribution >= 4 is 0 Å². The number of benzene rings is 1. The molecule has 3 nitrogen and oxygen atoms in total. The zero-order valence-corrected chi connectivity index (χ0v) is 12.1. The van der Waals surface area contributed by atoms with Crippen molar-refractivity contribution in [3.05, 3.63) is 53.9 Å². The second kappa shape index (κ2) is 7.13. The first kappa shape index (κ1) is 15.4. The maximum atomic E-state index is 13.5. The summed E-state index contributed by atoms with van der Waals surface area (Å²) in [7, 11) is 0. The Morgan fingerprint density at radius 3 is 2.76 bits per heavy atom. The van der Waals surface area contributed by atoms with Gasteiger partial charge in [-0.2, -0.15) is 0 Å². The second-order valence-electron chi connectivity index (χ2n) is 5.18. The fourth-order valence-corrected chi connectivity index (χ4v) is 1.79. The molecule has 0 aliphatic rings. The number of halogens is 2. The summed E-state index contributed by atoms with van der Waals surface area (Å²) in [4.78, 5) is 4.21. The predicted octanol–water partition coefficient (Wildman–Crippen LogP) is 3.90. The van der Waals surface area contributed by atoms with Crippen molar-refractivity contribution in [2.24, 2.45) is 5.92 Å². The lowest BCUT2D eigenvalue weighted by Gasteiger charge is -2.09. The van der Waals surface area contributed by atoms with E-state index in [0.29, 0.717) is 18.2 Å². The molecule has 0 aliphatic heterocycles. The summed E-state index contributed by atoms with van der Waals surface area (Å²) in [5.41, 5.74) is 0.782. The molecule has 1 aromatic heterocycles. The van der Waals surface area contributed by atoms with Gasteiger partial charge in [-0.1, -0.05) is 13.8 Å². The smallest absolute Gasteiger partial charge is 0.165 e. The molecule has 2 rings (SSSR count). The van der Waals surface area contributed by atoms with Crippen molar-refractivity contribution in [2.45, 2.75) is 20.4 Å². The number of nitrogens with zero attached hydrogens (tertiary/aromatic N) is 1. The van der Waals surface area contributed by atoms with Crippen molar-refractivity contribution in [3.8, 4) is 11.5 Å². The SMILES string of the molecule is CC(C)CNCc1cc(Oc2cc(F)ccc2F)ccn1. The molecule has 0 amide bonds. The van der Waals surface area contributed by atoms with Crippen LogP contribution in [0, 0.1) is 17.6 Å². The maximum absolute atomic E-state index is 13.5. The zero-order chi connectivity index (χ0) is 15.2. The van der Waals surface area contributed by atoms with E-state index in [9.17, 15) is 8.78 Å². The summed E-state index contributed by atoms with van der Waals surface area (Å²) in [6.07, 6.45) is 1.58. The standard InChI is InChI=1S/C16H18F2N2O/c1-11(2)9-19-10-13-8-14(5-6-20-13)21-16-7-12(17)3-4-15(16)18/h3-8,11,19H,9-10H2,1-2H3. The molecular formula is C16H18F2N2O. The molecule has 0 fully saturated rings. The van der Waals surface area contributed by atoms with E-state index in [0.717, 1.165) is 30.4 Å². The minimum Gasteiger partial charge on any atom is -0.454 e. The first-order valence-electron chi connectivity index (χ1n) is 6.83. The van der Waals surface area contributed by atoms with Crippen molar-refractivity contribution in [2.75, 3.05) is 6.54 Å². The third-order valence-corrected chi connectivity index (χ3v) is 2.77. The van der Waals surface area contributed by atoms with E-state index in [1.165, 1.54) is 0 Å². The van der Waals surface area contributed by atoms with Crippen molar-refractivity contribution in [1.29, 1.82) is 0 Å². The zero-order valence-electron chi connectivity index (χ0n) is 12.1. The van der Waals surface area contributed by atoms with Gasteiger partial charge in [0.2, 0.25) is 0 Å². The third kappa shape index (κ3) is 4.79. The van der Waals surface area contributed by atoms with Crippen LogP contribution in [-0.2, 0) is 6.54 Å². The lowest BCUT2D eigenvalue weighted by molar-refractivity contribution is 0.435. The highest BCUT2D eigenvalue weighted by Crippen LogP contribution is 2.25. The van der Waals surface area contributed by atoms with Gasteiger partial charge in [-0.3, -0.25) is 4.98 Å². The van der Waals surface area contributed by atoms with E-state index in [4.69, 9.17) is 4.74 Å². The largest absolute Gasteiger partial charge is 0.454 e. The normalized spacial score (nSPS) is 10.9. The second-order valence-corrected chi connectivity index (χ2v) is 5.18. The van der Waals surface area contributed by atoms with Crippen LogP contribution >= 0.6 is 0 Å². The van der Waals surface area contributed by atoms with Crippen LogP contribution in [0.25, 0.3) is 0 Å². The van der Waals surface area contributed by atoms with Gasteiger partial charge < -0.3 is 10.1 Å². The monoisotopic (exact) mass is 292 g/mol. The van der Waals surface area contributed by atoms with E-state index < -0.39 is 11.6 Å². The molecule has 0 bridgehead atoms. The van der Waals surface area contributed by atoms with Crippen LogP contribution in [0.5, 0.6) is 11.5 Å². The Kier molecular flexibility index (Phi) is 5.22. The van der Waals surface area contributed by atoms with Crippen LogP contribution in [0.1, 0.15) is 19.5 Å².